The van der Waals surface area contributed by atoms with Crippen LogP contribution in [0.5, 0.6) is 0 Å². The Morgan fingerprint density at radius 3 is 2.33 bits per heavy atom. The van der Waals surface area contributed by atoms with Crippen molar-refractivity contribution in [2.24, 2.45) is 0 Å². The first-order valence-electron chi connectivity index (χ1n) is 8.20. The molecule has 0 atom stereocenters. The lowest BCUT2D eigenvalue weighted by Crippen LogP contribution is -2.46. The quantitative estimate of drug-likeness (QED) is 0.921. The van der Waals surface area contributed by atoms with Crippen LogP contribution in [0.4, 0.5) is 11.4 Å². The summed E-state index contributed by atoms with van der Waals surface area (Å²) < 4.78 is 0. The molecule has 0 bridgehead atoms. The minimum Gasteiger partial charge on any atom is -0.369 e. The molecule has 1 amide bonds. The zero-order valence-electron chi connectivity index (χ0n) is 13.8. The molecule has 0 aromatic heterocycles. The molecule has 1 N–H and O–H groups in total. The average Bonchev–Trinajstić information content (AvgIpc) is 2.58. The summed E-state index contributed by atoms with van der Waals surface area (Å²) in [5.41, 5.74) is 3.22. The first kappa shape index (κ1) is 16.8. The van der Waals surface area contributed by atoms with Crippen LogP contribution in [0.1, 0.15) is 12.5 Å². The molecule has 126 valence electrons. The summed E-state index contributed by atoms with van der Waals surface area (Å²) >= 11 is 6.25. The van der Waals surface area contributed by atoms with Crippen molar-refractivity contribution in [3.63, 3.8) is 0 Å². The molecule has 4 nitrogen and oxygen atoms in total. The minimum atomic E-state index is -0.0454. The molecule has 2 aromatic rings. The molecule has 2 aromatic carbocycles. The Hall–Kier alpha value is -2.04. The average molecular weight is 344 g/mol. The van der Waals surface area contributed by atoms with E-state index in [0.717, 1.165) is 43.4 Å². The van der Waals surface area contributed by atoms with E-state index in [0.29, 0.717) is 0 Å². The van der Waals surface area contributed by atoms with Gasteiger partial charge in [0.05, 0.1) is 0 Å². The molecule has 0 aliphatic carbocycles. The number of carbonyl (C=O) groups excluding carboxylic acids is 1. The van der Waals surface area contributed by atoms with Crippen LogP contribution >= 0.6 is 11.6 Å². The van der Waals surface area contributed by atoms with Gasteiger partial charge in [-0.25, -0.2) is 0 Å². The molecule has 0 unspecified atom stereocenters. The van der Waals surface area contributed by atoms with Crippen LogP contribution in [-0.4, -0.2) is 37.0 Å². The number of benzene rings is 2. The van der Waals surface area contributed by atoms with Gasteiger partial charge in [0.25, 0.3) is 0 Å². The van der Waals surface area contributed by atoms with E-state index in [2.05, 4.69) is 33.3 Å². The van der Waals surface area contributed by atoms with Crippen molar-refractivity contribution in [2.45, 2.75) is 13.5 Å². The number of nitrogens with one attached hydrogen (secondary N) is 1. The van der Waals surface area contributed by atoms with Crippen molar-refractivity contribution >= 4 is 28.9 Å². The predicted molar refractivity (Wildman–Crippen MR) is 99.7 cm³/mol. The van der Waals surface area contributed by atoms with Gasteiger partial charge in [-0.3, -0.25) is 9.69 Å². The molecule has 3 rings (SSSR count). The maximum Gasteiger partial charge on any atom is 0.221 e. The Morgan fingerprint density at radius 1 is 1.04 bits per heavy atom. The summed E-state index contributed by atoms with van der Waals surface area (Å²) in [6.07, 6.45) is 0. The van der Waals surface area contributed by atoms with Crippen LogP contribution in [0.3, 0.4) is 0 Å². The number of carbonyl (C=O) groups is 1. The summed E-state index contributed by atoms with van der Waals surface area (Å²) in [6, 6.07) is 16.1. The third-order valence-electron chi connectivity index (χ3n) is 4.28. The Kier molecular flexibility index (Phi) is 5.38. The van der Waals surface area contributed by atoms with Gasteiger partial charge in [-0.15, -0.1) is 0 Å². The fourth-order valence-electron chi connectivity index (χ4n) is 2.99. The molecule has 1 aliphatic heterocycles. The fraction of sp³-hybridized carbons (Fsp3) is 0.316. The Bertz CT molecular complexity index is 694. The number of hydrogen-bond donors (Lipinski definition) is 1. The van der Waals surface area contributed by atoms with Gasteiger partial charge in [0.15, 0.2) is 0 Å². The minimum absolute atomic E-state index is 0.0454. The Morgan fingerprint density at radius 2 is 1.71 bits per heavy atom. The van der Waals surface area contributed by atoms with Gasteiger partial charge in [-0.1, -0.05) is 29.8 Å². The Balaban J connectivity index is 1.55. The van der Waals surface area contributed by atoms with Gasteiger partial charge in [0.1, 0.15) is 0 Å². The number of nitrogens with zero attached hydrogens (tertiary/aromatic N) is 2. The number of piperazine rings is 1. The molecule has 0 radical (unpaired) electrons. The van der Waals surface area contributed by atoms with Crippen molar-refractivity contribution < 1.29 is 4.79 Å². The van der Waals surface area contributed by atoms with E-state index in [4.69, 9.17) is 11.6 Å². The highest BCUT2D eigenvalue weighted by Crippen LogP contribution is 2.21. The summed E-state index contributed by atoms with van der Waals surface area (Å²) in [4.78, 5) is 15.9. The molecule has 1 fully saturated rings. The van der Waals surface area contributed by atoms with Gasteiger partial charge < -0.3 is 10.2 Å². The zero-order chi connectivity index (χ0) is 16.9. The van der Waals surface area contributed by atoms with Gasteiger partial charge >= 0.3 is 0 Å². The molecule has 5 heteroatoms. The highest BCUT2D eigenvalue weighted by atomic mass is 35.5. The van der Waals surface area contributed by atoms with Crippen LogP contribution in [0.2, 0.25) is 5.02 Å². The third-order valence-corrected chi connectivity index (χ3v) is 4.65. The lowest BCUT2D eigenvalue weighted by molar-refractivity contribution is -0.114. The van der Waals surface area contributed by atoms with E-state index in [-0.39, 0.29) is 5.91 Å². The van der Waals surface area contributed by atoms with Gasteiger partial charge in [-0.2, -0.15) is 0 Å². The van der Waals surface area contributed by atoms with E-state index in [9.17, 15) is 4.79 Å². The topological polar surface area (TPSA) is 35.6 Å². The van der Waals surface area contributed by atoms with E-state index in [1.54, 1.807) is 0 Å². The van der Waals surface area contributed by atoms with Gasteiger partial charge in [0.2, 0.25) is 5.91 Å². The summed E-state index contributed by atoms with van der Waals surface area (Å²) in [5.74, 6) is -0.0454. The van der Waals surface area contributed by atoms with Crippen molar-refractivity contribution in [1.29, 1.82) is 0 Å². The predicted octanol–water partition coefficient (Wildman–Crippen LogP) is 3.62. The number of anilines is 2. The highest BCUT2D eigenvalue weighted by Gasteiger charge is 2.18. The van der Waals surface area contributed by atoms with Crippen molar-refractivity contribution in [3.05, 3.63) is 59.1 Å². The highest BCUT2D eigenvalue weighted by molar-refractivity contribution is 6.31. The zero-order valence-corrected chi connectivity index (χ0v) is 14.6. The lowest BCUT2D eigenvalue weighted by atomic mass is 10.2. The van der Waals surface area contributed by atoms with E-state index >= 15 is 0 Å². The number of halogens is 1. The second-order valence-corrected chi connectivity index (χ2v) is 6.49. The molecular formula is C19H22ClN3O. The van der Waals surface area contributed by atoms with Crippen molar-refractivity contribution in [1.82, 2.24) is 4.90 Å². The number of amides is 1. The van der Waals surface area contributed by atoms with Crippen LogP contribution in [0.25, 0.3) is 0 Å². The molecule has 0 saturated carbocycles. The molecule has 24 heavy (non-hydrogen) atoms. The second kappa shape index (κ2) is 7.69. The molecule has 0 spiro atoms. The summed E-state index contributed by atoms with van der Waals surface area (Å²) in [7, 11) is 0. The molecule has 1 aliphatic rings. The van der Waals surface area contributed by atoms with Crippen molar-refractivity contribution in [3.8, 4) is 0 Å². The number of rotatable bonds is 4. The maximum atomic E-state index is 11.1. The van der Waals surface area contributed by atoms with E-state index in [1.165, 1.54) is 18.2 Å². The molecular weight excluding hydrogens is 322 g/mol. The lowest BCUT2D eigenvalue weighted by Gasteiger charge is -2.36. The van der Waals surface area contributed by atoms with Crippen LogP contribution in [-0.2, 0) is 11.3 Å². The third kappa shape index (κ3) is 4.28. The summed E-state index contributed by atoms with van der Waals surface area (Å²) in [6.45, 7) is 6.42. The first-order chi connectivity index (χ1) is 11.6. The van der Waals surface area contributed by atoms with E-state index < -0.39 is 0 Å². The molecule has 1 heterocycles. The van der Waals surface area contributed by atoms with Gasteiger partial charge in [-0.05, 0) is 35.9 Å². The SMILES string of the molecule is CC(=O)Nc1ccc(N2CCN(Cc3ccccc3Cl)CC2)cc1. The second-order valence-electron chi connectivity index (χ2n) is 6.08. The fourth-order valence-corrected chi connectivity index (χ4v) is 3.19. The monoisotopic (exact) mass is 343 g/mol. The largest absolute Gasteiger partial charge is 0.369 e. The smallest absolute Gasteiger partial charge is 0.221 e. The van der Waals surface area contributed by atoms with Crippen molar-refractivity contribution in [2.75, 3.05) is 36.4 Å². The van der Waals surface area contributed by atoms with Gasteiger partial charge in [0, 0.05) is 56.0 Å². The van der Waals surface area contributed by atoms with Crippen LogP contribution in [0.15, 0.2) is 48.5 Å². The number of hydrogen-bond acceptors (Lipinski definition) is 3. The first-order valence-corrected chi connectivity index (χ1v) is 8.58. The normalized spacial score (nSPS) is 15.3. The van der Waals surface area contributed by atoms with Crippen LogP contribution < -0.4 is 10.2 Å². The summed E-state index contributed by atoms with van der Waals surface area (Å²) in [5, 5.41) is 3.64. The molecule has 1 saturated heterocycles. The van der Waals surface area contributed by atoms with E-state index in [1.807, 2.05) is 30.3 Å². The van der Waals surface area contributed by atoms with Crippen LogP contribution in [0, 0.1) is 0 Å². The standard InChI is InChI=1S/C19H22ClN3O/c1-15(24)21-17-6-8-18(9-7-17)23-12-10-22(11-13-23)14-16-4-2-3-5-19(16)20/h2-9H,10-14H2,1H3,(H,21,24). The Labute approximate surface area is 148 Å². The maximum absolute atomic E-state index is 11.1.